The summed E-state index contributed by atoms with van der Waals surface area (Å²) in [6.07, 6.45) is 0. The fourth-order valence-corrected chi connectivity index (χ4v) is 5.59. The summed E-state index contributed by atoms with van der Waals surface area (Å²) >= 11 is 0. The zero-order valence-corrected chi connectivity index (χ0v) is 17.6. The molecule has 4 aromatic carbocycles. The van der Waals surface area contributed by atoms with Crippen molar-refractivity contribution in [2.75, 3.05) is 0 Å². The summed E-state index contributed by atoms with van der Waals surface area (Å²) in [6.45, 7) is 2.21. The lowest BCUT2D eigenvalue weighted by molar-refractivity contribution is -0.632. The molecule has 3 aromatic heterocycles. The van der Waals surface area contributed by atoms with Crippen LogP contribution in [-0.2, 0) is 7.05 Å². The third-order valence-electron chi connectivity index (χ3n) is 6.92. The Hall–Kier alpha value is -3.91. The average Bonchev–Trinajstić information content (AvgIpc) is 3.33. The third kappa shape index (κ3) is 2.00. The van der Waals surface area contributed by atoms with Gasteiger partial charge in [-0.25, -0.2) is 0 Å². The van der Waals surface area contributed by atoms with E-state index < -0.39 is 0 Å². The summed E-state index contributed by atoms with van der Waals surface area (Å²) in [5.41, 5.74) is 8.99. The van der Waals surface area contributed by atoms with Crippen LogP contribution in [0.15, 0.2) is 91.0 Å². The van der Waals surface area contributed by atoms with Crippen molar-refractivity contribution in [1.29, 1.82) is 0 Å². The van der Waals surface area contributed by atoms with Crippen LogP contribution >= 0.6 is 0 Å². The van der Waals surface area contributed by atoms with Crippen molar-refractivity contribution in [3.63, 3.8) is 0 Å². The molecule has 0 amide bonds. The first-order valence-electron chi connectivity index (χ1n) is 10.8. The molecule has 146 valence electrons. The number of para-hydroxylation sites is 3. The Morgan fingerprint density at radius 3 is 2.16 bits per heavy atom. The molecule has 0 aliphatic rings. The first kappa shape index (κ1) is 16.8. The van der Waals surface area contributed by atoms with Crippen molar-refractivity contribution in [3.8, 4) is 11.3 Å². The van der Waals surface area contributed by atoms with E-state index >= 15 is 0 Å². The highest BCUT2D eigenvalue weighted by atomic mass is 15.0. The molecule has 0 radical (unpaired) electrons. The van der Waals surface area contributed by atoms with Crippen molar-refractivity contribution in [2.45, 2.75) is 6.92 Å². The van der Waals surface area contributed by atoms with Gasteiger partial charge in [0, 0.05) is 27.6 Å². The zero-order chi connectivity index (χ0) is 20.7. The van der Waals surface area contributed by atoms with Gasteiger partial charge >= 0.3 is 0 Å². The van der Waals surface area contributed by atoms with Crippen LogP contribution in [0.2, 0.25) is 0 Å². The third-order valence-corrected chi connectivity index (χ3v) is 6.92. The fourth-order valence-electron chi connectivity index (χ4n) is 5.59. The highest BCUT2D eigenvalue weighted by molar-refractivity contribution is 6.29. The minimum absolute atomic E-state index is 1.26. The lowest BCUT2D eigenvalue weighted by Gasteiger charge is -2.10. The van der Waals surface area contributed by atoms with Crippen LogP contribution in [0.5, 0.6) is 0 Å². The molecule has 31 heavy (non-hydrogen) atoms. The fraction of sp³-hybridized carbons (Fsp3) is 0.0690. The molecule has 0 saturated heterocycles. The Morgan fingerprint density at radius 2 is 1.29 bits per heavy atom. The number of aryl methyl sites for hydroxylation is 2. The molecular formula is C29H21N2+. The zero-order valence-electron chi connectivity index (χ0n) is 17.6. The van der Waals surface area contributed by atoms with Gasteiger partial charge in [-0.1, -0.05) is 66.7 Å². The number of nitrogens with zero attached hydrogens (tertiary/aromatic N) is 2. The van der Waals surface area contributed by atoms with Gasteiger partial charge in [0.05, 0.1) is 22.0 Å². The maximum Gasteiger partial charge on any atom is 0.238 e. The van der Waals surface area contributed by atoms with E-state index in [1.807, 2.05) is 0 Å². The number of hydrogen-bond donors (Lipinski definition) is 0. The van der Waals surface area contributed by atoms with E-state index in [2.05, 4.69) is 114 Å². The molecule has 2 nitrogen and oxygen atoms in total. The van der Waals surface area contributed by atoms with E-state index in [1.165, 1.54) is 65.8 Å². The summed E-state index contributed by atoms with van der Waals surface area (Å²) in [6, 6.07) is 33.1. The Morgan fingerprint density at radius 1 is 0.613 bits per heavy atom. The summed E-state index contributed by atoms with van der Waals surface area (Å²) < 4.78 is 4.88. The van der Waals surface area contributed by atoms with Crippen molar-refractivity contribution < 1.29 is 4.57 Å². The van der Waals surface area contributed by atoms with E-state index in [-0.39, 0.29) is 0 Å². The van der Waals surface area contributed by atoms with Gasteiger partial charge in [0.1, 0.15) is 12.6 Å². The van der Waals surface area contributed by atoms with Gasteiger partial charge in [-0.05, 0) is 30.7 Å². The average molecular weight is 398 g/mol. The molecule has 0 bridgehead atoms. The van der Waals surface area contributed by atoms with E-state index in [9.17, 15) is 0 Å². The van der Waals surface area contributed by atoms with Gasteiger partial charge in [0.15, 0.2) is 0 Å². The molecule has 0 aliphatic carbocycles. The minimum Gasteiger partial charge on any atom is -0.302 e. The normalized spacial score (nSPS) is 12.2. The summed E-state index contributed by atoms with van der Waals surface area (Å²) in [5.74, 6) is 0. The van der Waals surface area contributed by atoms with Gasteiger partial charge in [-0.3, -0.25) is 0 Å². The van der Waals surface area contributed by atoms with Crippen LogP contribution in [-0.4, -0.2) is 4.40 Å². The van der Waals surface area contributed by atoms with Crippen molar-refractivity contribution in [1.82, 2.24) is 4.40 Å². The van der Waals surface area contributed by atoms with Crippen LogP contribution in [0.1, 0.15) is 5.56 Å². The van der Waals surface area contributed by atoms with E-state index in [4.69, 9.17) is 0 Å². The SMILES string of the molecule is Cc1ccccc1-c1c2c(c3cccc4c5ccccc5n2c43)c2ccccc2[n+]1C. The maximum atomic E-state index is 2.50. The number of rotatable bonds is 1. The van der Waals surface area contributed by atoms with Crippen LogP contribution in [0, 0.1) is 6.92 Å². The Bertz CT molecular complexity index is 1800. The smallest absolute Gasteiger partial charge is 0.238 e. The molecule has 0 atom stereocenters. The molecule has 0 N–H and O–H groups in total. The van der Waals surface area contributed by atoms with Gasteiger partial charge in [0.25, 0.3) is 0 Å². The number of fused-ring (bicyclic) bond motifs is 8. The molecular weight excluding hydrogens is 376 g/mol. The predicted molar refractivity (Wildman–Crippen MR) is 130 cm³/mol. The molecule has 0 fully saturated rings. The Balaban J connectivity index is 1.91. The molecule has 0 unspecified atom stereocenters. The molecule has 0 saturated carbocycles. The van der Waals surface area contributed by atoms with Crippen molar-refractivity contribution in [2.24, 2.45) is 7.05 Å². The molecule has 0 aliphatic heterocycles. The first-order valence-corrected chi connectivity index (χ1v) is 10.8. The lowest BCUT2D eigenvalue weighted by atomic mass is 9.99. The molecule has 7 rings (SSSR count). The van der Waals surface area contributed by atoms with E-state index in [0.717, 1.165) is 0 Å². The lowest BCUT2D eigenvalue weighted by Crippen LogP contribution is -2.32. The quantitative estimate of drug-likeness (QED) is 0.270. The Kier molecular flexibility index (Phi) is 3.17. The summed E-state index contributed by atoms with van der Waals surface area (Å²) in [4.78, 5) is 0. The predicted octanol–water partition coefficient (Wildman–Crippen LogP) is 6.79. The van der Waals surface area contributed by atoms with Gasteiger partial charge in [-0.15, -0.1) is 0 Å². The van der Waals surface area contributed by atoms with Crippen LogP contribution in [0.4, 0.5) is 0 Å². The maximum absolute atomic E-state index is 2.50. The first-order chi connectivity index (χ1) is 15.3. The Labute approximate surface area is 179 Å². The summed E-state index contributed by atoms with van der Waals surface area (Å²) in [7, 11) is 2.20. The number of hydrogen-bond acceptors (Lipinski definition) is 0. The van der Waals surface area contributed by atoms with Crippen molar-refractivity contribution >= 4 is 49.0 Å². The highest BCUT2D eigenvalue weighted by Gasteiger charge is 2.28. The van der Waals surface area contributed by atoms with Crippen molar-refractivity contribution in [3.05, 3.63) is 96.6 Å². The van der Waals surface area contributed by atoms with Gasteiger partial charge < -0.3 is 4.40 Å². The topological polar surface area (TPSA) is 8.29 Å². The van der Waals surface area contributed by atoms with E-state index in [1.54, 1.807) is 0 Å². The monoisotopic (exact) mass is 397 g/mol. The van der Waals surface area contributed by atoms with E-state index in [0.29, 0.717) is 0 Å². The number of aromatic nitrogens is 2. The van der Waals surface area contributed by atoms with Gasteiger partial charge in [-0.2, -0.15) is 4.57 Å². The number of pyridine rings is 1. The second-order valence-corrected chi connectivity index (χ2v) is 8.52. The van der Waals surface area contributed by atoms with Crippen LogP contribution < -0.4 is 4.57 Å². The summed E-state index contributed by atoms with van der Waals surface area (Å²) in [5, 5.41) is 6.62. The second kappa shape index (κ2) is 5.83. The highest BCUT2D eigenvalue weighted by Crippen LogP contribution is 2.43. The van der Waals surface area contributed by atoms with Gasteiger partial charge in [0.2, 0.25) is 11.2 Å². The minimum atomic E-state index is 1.26. The molecule has 3 heterocycles. The molecule has 2 heteroatoms. The largest absolute Gasteiger partial charge is 0.302 e. The van der Waals surface area contributed by atoms with Crippen LogP contribution in [0.25, 0.3) is 60.3 Å². The standard InChI is InChI=1S/C29H21N2/c1-18-10-3-4-11-19(18)28-29-26(22-13-6-7-16-24(22)30(28)2)23-15-9-14-21-20-12-5-8-17-25(20)31(29)27(21)23/h3-17H,1-2H3/q+1. The molecule has 0 spiro atoms. The van der Waals surface area contributed by atoms with Crippen LogP contribution in [0.3, 0.4) is 0 Å². The number of benzene rings is 4. The molecule has 7 aromatic rings. The second-order valence-electron chi connectivity index (χ2n) is 8.52.